The standard InChI is InChI=1S/C30H54O2/c1-20(9-8-10-26(31)27(2,3)4)23-13-14-24-22-12-11-21-19-28(5,32)17-18-29(21,6)25(22)15-16-30(23,24)7/h20-26,31-32H,8-19H2,1-7H3/t20-,21+,22+,23-,24+,25+,26-,28+,29+,30-/m1/s1. The van der Waals surface area contributed by atoms with E-state index < -0.39 is 5.60 Å². The highest BCUT2D eigenvalue weighted by Crippen LogP contribution is 2.68. The van der Waals surface area contributed by atoms with Gasteiger partial charge < -0.3 is 10.2 Å². The molecule has 0 aromatic heterocycles. The topological polar surface area (TPSA) is 40.5 Å². The van der Waals surface area contributed by atoms with Gasteiger partial charge in [-0.1, -0.05) is 54.4 Å². The van der Waals surface area contributed by atoms with Crippen molar-refractivity contribution < 1.29 is 10.2 Å². The number of hydrogen-bond donors (Lipinski definition) is 2. The summed E-state index contributed by atoms with van der Waals surface area (Å²) in [6.07, 6.45) is 15.0. The van der Waals surface area contributed by atoms with Gasteiger partial charge in [-0.3, -0.25) is 0 Å². The molecule has 4 aliphatic carbocycles. The molecule has 2 nitrogen and oxygen atoms in total. The second kappa shape index (κ2) is 8.54. The van der Waals surface area contributed by atoms with E-state index in [4.69, 9.17) is 0 Å². The summed E-state index contributed by atoms with van der Waals surface area (Å²) in [5.41, 5.74) is 0.591. The van der Waals surface area contributed by atoms with E-state index in [0.717, 1.165) is 54.8 Å². The fraction of sp³-hybridized carbons (Fsp3) is 1.00. The Labute approximate surface area is 199 Å². The van der Waals surface area contributed by atoms with E-state index in [0.29, 0.717) is 10.8 Å². The first kappa shape index (κ1) is 25.0. The molecule has 0 bridgehead atoms. The van der Waals surface area contributed by atoms with Crippen molar-refractivity contribution in [3.05, 3.63) is 0 Å². The number of aliphatic hydroxyl groups excluding tert-OH is 1. The van der Waals surface area contributed by atoms with Gasteiger partial charge in [0.25, 0.3) is 0 Å². The Bertz CT molecular complexity index is 662. The molecular weight excluding hydrogens is 392 g/mol. The lowest BCUT2D eigenvalue weighted by atomic mass is 9.43. The Morgan fingerprint density at radius 1 is 0.844 bits per heavy atom. The van der Waals surface area contributed by atoms with Crippen molar-refractivity contribution in [3.63, 3.8) is 0 Å². The fourth-order valence-corrected chi connectivity index (χ4v) is 9.67. The van der Waals surface area contributed by atoms with Crippen molar-refractivity contribution >= 4 is 0 Å². The van der Waals surface area contributed by atoms with Gasteiger partial charge in [0, 0.05) is 0 Å². The van der Waals surface area contributed by atoms with E-state index >= 15 is 0 Å². The van der Waals surface area contributed by atoms with Crippen LogP contribution in [0.4, 0.5) is 0 Å². The van der Waals surface area contributed by atoms with E-state index in [1.807, 2.05) is 0 Å². The third-order valence-electron chi connectivity index (χ3n) is 11.9. The van der Waals surface area contributed by atoms with Crippen molar-refractivity contribution in [3.8, 4) is 0 Å². The Kier molecular flexibility index (Phi) is 6.68. The smallest absolute Gasteiger partial charge is 0.0622 e. The molecule has 0 aromatic rings. The second-order valence-electron chi connectivity index (χ2n) is 14.9. The van der Waals surface area contributed by atoms with E-state index in [9.17, 15) is 10.2 Å². The highest BCUT2D eigenvalue weighted by Gasteiger charge is 2.61. The fourth-order valence-electron chi connectivity index (χ4n) is 9.67. The molecule has 0 radical (unpaired) electrons. The molecule has 4 rings (SSSR count). The molecule has 2 N–H and O–H groups in total. The summed E-state index contributed by atoms with van der Waals surface area (Å²) in [7, 11) is 0. The van der Waals surface area contributed by atoms with Gasteiger partial charge in [-0.15, -0.1) is 0 Å². The van der Waals surface area contributed by atoms with Crippen LogP contribution in [0, 0.1) is 51.8 Å². The van der Waals surface area contributed by atoms with Crippen LogP contribution >= 0.6 is 0 Å². The van der Waals surface area contributed by atoms with E-state index in [2.05, 4.69) is 48.5 Å². The molecular formula is C30H54O2. The molecule has 10 atom stereocenters. The Hall–Kier alpha value is -0.0800. The van der Waals surface area contributed by atoms with Crippen molar-refractivity contribution in [2.75, 3.05) is 0 Å². The summed E-state index contributed by atoms with van der Waals surface area (Å²) in [4.78, 5) is 0. The van der Waals surface area contributed by atoms with Crippen molar-refractivity contribution in [2.45, 2.75) is 137 Å². The van der Waals surface area contributed by atoms with Gasteiger partial charge in [-0.2, -0.15) is 0 Å². The molecule has 0 amide bonds. The van der Waals surface area contributed by atoms with Crippen LogP contribution in [0.25, 0.3) is 0 Å². The van der Waals surface area contributed by atoms with Crippen LogP contribution in [-0.4, -0.2) is 21.9 Å². The molecule has 4 fully saturated rings. The lowest BCUT2D eigenvalue weighted by molar-refractivity contribution is -0.148. The molecule has 0 heterocycles. The largest absolute Gasteiger partial charge is 0.393 e. The number of fused-ring (bicyclic) bond motifs is 5. The van der Waals surface area contributed by atoms with Gasteiger partial charge in [0.15, 0.2) is 0 Å². The minimum Gasteiger partial charge on any atom is -0.393 e. The van der Waals surface area contributed by atoms with Gasteiger partial charge in [0.1, 0.15) is 0 Å². The maximum Gasteiger partial charge on any atom is 0.0622 e. The van der Waals surface area contributed by atoms with Crippen molar-refractivity contribution in [1.82, 2.24) is 0 Å². The van der Waals surface area contributed by atoms with Crippen molar-refractivity contribution in [1.29, 1.82) is 0 Å². The summed E-state index contributed by atoms with van der Waals surface area (Å²) in [5.74, 6) is 5.14. The number of aliphatic hydroxyl groups is 2. The molecule has 0 saturated heterocycles. The third-order valence-corrected chi connectivity index (χ3v) is 11.9. The van der Waals surface area contributed by atoms with Gasteiger partial charge in [-0.25, -0.2) is 0 Å². The summed E-state index contributed by atoms with van der Waals surface area (Å²) in [5, 5.41) is 21.2. The Morgan fingerprint density at radius 3 is 2.22 bits per heavy atom. The minimum atomic E-state index is -0.422. The van der Waals surface area contributed by atoms with Crippen LogP contribution in [0.15, 0.2) is 0 Å². The summed E-state index contributed by atoms with van der Waals surface area (Å²) in [6, 6.07) is 0. The molecule has 4 aliphatic rings. The zero-order chi connectivity index (χ0) is 23.5. The minimum absolute atomic E-state index is 0.00753. The molecule has 4 saturated carbocycles. The normalized spacial score (nSPS) is 48.5. The van der Waals surface area contributed by atoms with Crippen LogP contribution in [0.2, 0.25) is 0 Å². The first-order chi connectivity index (χ1) is 14.8. The monoisotopic (exact) mass is 446 g/mol. The number of hydrogen-bond acceptors (Lipinski definition) is 2. The predicted molar refractivity (Wildman–Crippen MR) is 134 cm³/mol. The quantitative estimate of drug-likeness (QED) is 0.456. The van der Waals surface area contributed by atoms with Crippen LogP contribution in [0.5, 0.6) is 0 Å². The van der Waals surface area contributed by atoms with Gasteiger partial charge in [0.2, 0.25) is 0 Å². The highest BCUT2D eigenvalue weighted by atomic mass is 16.3. The third kappa shape index (κ3) is 4.34. The first-order valence-electron chi connectivity index (χ1n) is 14.2. The molecule has 0 aliphatic heterocycles. The molecule has 2 heteroatoms. The summed E-state index contributed by atoms with van der Waals surface area (Å²) >= 11 is 0. The SMILES string of the molecule is C[C@H](CCC[C@@H](O)C(C)(C)C)[C@H]1CC[C@H]2[C@@H]3CC[C@H]4C[C@@](C)(O)CC[C@]4(C)[C@H]3CC[C@]12C. The van der Waals surface area contributed by atoms with Crippen molar-refractivity contribution in [2.24, 2.45) is 51.8 Å². The van der Waals surface area contributed by atoms with Gasteiger partial charge in [0.05, 0.1) is 11.7 Å². The predicted octanol–water partition coefficient (Wildman–Crippen LogP) is 7.61. The lowest BCUT2D eigenvalue weighted by Gasteiger charge is -2.62. The number of rotatable bonds is 5. The van der Waals surface area contributed by atoms with Crippen LogP contribution < -0.4 is 0 Å². The summed E-state index contributed by atoms with van der Waals surface area (Å²) < 4.78 is 0. The maximum absolute atomic E-state index is 10.7. The summed E-state index contributed by atoms with van der Waals surface area (Å²) in [6.45, 7) is 16.4. The molecule has 32 heavy (non-hydrogen) atoms. The lowest BCUT2D eigenvalue weighted by Crippen LogP contribution is -2.55. The first-order valence-corrected chi connectivity index (χ1v) is 14.2. The molecule has 0 aromatic carbocycles. The average molecular weight is 447 g/mol. The zero-order valence-corrected chi connectivity index (χ0v) is 22.4. The van der Waals surface area contributed by atoms with Crippen LogP contribution in [0.3, 0.4) is 0 Å². The van der Waals surface area contributed by atoms with E-state index in [-0.39, 0.29) is 11.5 Å². The second-order valence-corrected chi connectivity index (χ2v) is 14.9. The van der Waals surface area contributed by atoms with Gasteiger partial charge in [-0.05, 0) is 123 Å². The average Bonchev–Trinajstić information content (AvgIpc) is 3.05. The Balaban J connectivity index is 1.41. The maximum atomic E-state index is 10.7. The Morgan fingerprint density at radius 2 is 1.53 bits per heavy atom. The zero-order valence-electron chi connectivity index (χ0n) is 22.4. The van der Waals surface area contributed by atoms with E-state index in [1.165, 1.54) is 57.8 Å². The molecule has 0 unspecified atom stereocenters. The van der Waals surface area contributed by atoms with E-state index in [1.54, 1.807) is 0 Å². The van der Waals surface area contributed by atoms with Crippen LogP contribution in [0.1, 0.15) is 126 Å². The molecule has 186 valence electrons. The molecule has 0 spiro atoms. The van der Waals surface area contributed by atoms with Gasteiger partial charge >= 0.3 is 0 Å². The van der Waals surface area contributed by atoms with Crippen LogP contribution in [-0.2, 0) is 0 Å². The highest BCUT2D eigenvalue weighted by molar-refractivity contribution is 5.10.